The third-order valence-electron chi connectivity index (χ3n) is 7.14. The molecule has 1 atom stereocenters. The van der Waals surface area contributed by atoms with Crippen molar-refractivity contribution in [2.45, 2.75) is 25.7 Å². The summed E-state index contributed by atoms with van der Waals surface area (Å²) in [4.78, 5) is 29.7. The zero-order valence-electron chi connectivity index (χ0n) is 25.1. The van der Waals surface area contributed by atoms with Crippen molar-refractivity contribution in [1.82, 2.24) is 14.5 Å². The number of carbonyl (C=O) groups is 2. The SMILES string of the molecule is COc1ccc(CN(C(=O)CN(Cc2ccccc2)S(C)(=O)=O)C(C(=O)NCc2ccccc2OC)c2ccccc2)cc1. The van der Waals surface area contributed by atoms with Gasteiger partial charge >= 0.3 is 0 Å². The van der Waals surface area contributed by atoms with E-state index in [4.69, 9.17) is 9.47 Å². The molecule has 0 spiro atoms. The van der Waals surface area contributed by atoms with Crippen molar-refractivity contribution in [3.05, 3.63) is 131 Å². The molecule has 2 amide bonds. The quantitative estimate of drug-likeness (QED) is 0.223. The maximum Gasteiger partial charge on any atom is 0.247 e. The smallest absolute Gasteiger partial charge is 0.247 e. The molecule has 0 aliphatic carbocycles. The number of para-hydroxylation sites is 1. The molecular weight excluding hydrogens is 578 g/mol. The lowest BCUT2D eigenvalue weighted by Gasteiger charge is -2.33. The molecule has 0 aromatic heterocycles. The van der Waals surface area contributed by atoms with E-state index in [2.05, 4.69) is 5.32 Å². The zero-order chi connectivity index (χ0) is 31.5. The van der Waals surface area contributed by atoms with Gasteiger partial charge in [0.15, 0.2) is 0 Å². The highest BCUT2D eigenvalue weighted by atomic mass is 32.2. The van der Waals surface area contributed by atoms with Gasteiger partial charge in [-0.3, -0.25) is 9.59 Å². The van der Waals surface area contributed by atoms with Gasteiger partial charge in [-0.05, 0) is 34.9 Å². The summed E-state index contributed by atoms with van der Waals surface area (Å²) in [6.45, 7) is -0.224. The van der Waals surface area contributed by atoms with Crippen LogP contribution in [-0.4, -0.2) is 56.5 Å². The molecule has 4 aromatic carbocycles. The van der Waals surface area contributed by atoms with Gasteiger partial charge in [0, 0.05) is 25.2 Å². The van der Waals surface area contributed by atoms with Crippen molar-refractivity contribution in [3.63, 3.8) is 0 Å². The maximum absolute atomic E-state index is 14.2. The Balaban J connectivity index is 1.71. The third-order valence-corrected chi connectivity index (χ3v) is 8.33. The number of rotatable bonds is 14. The highest BCUT2D eigenvalue weighted by Gasteiger charge is 2.34. The predicted molar refractivity (Wildman–Crippen MR) is 169 cm³/mol. The zero-order valence-corrected chi connectivity index (χ0v) is 25.9. The van der Waals surface area contributed by atoms with E-state index in [0.29, 0.717) is 17.1 Å². The molecule has 0 aliphatic rings. The van der Waals surface area contributed by atoms with Crippen LogP contribution in [0.3, 0.4) is 0 Å². The first-order chi connectivity index (χ1) is 21.2. The summed E-state index contributed by atoms with van der Waals surface area (Å²) in [5, 5.41) is 2.97. The standard InChI is InChI=1S/C34H37N3O6S/c1-42-30-20-18-27(19-21-30)24-37(32(38)25-36(44(3,40)41)23-26-12-6-4-7-13-26)33(28-14-8-5-9-15-28)34(39)35-22-29-16-10-11-17-31(29)43-2/h4-21,33H,22-25H2,1-3H3,(H,35,39). The number of amides is 2. The van der Waals surface area contributed by atoms with Crippen molar-refractivity contribution >= 4 is 21.8 Å². The van der Waals surface area contributed by atoms with Gasteiger partial charge in [0.2, 0.25) is 21.8 Å². The maximum atomic E-state index is 14.2. The lowest BCUT2D eigenvalue weighted by Crippen LogP contribution is -2.47. The van der Waals surface area contributed by atoms with Crippen molar-refractivity contribution < 1.29 is 27.5 Å². The molecule has 0 fully saturated rings. The van der Waals surface area contributed by atoms with E-state index in [0.717, 1.165) is 27.3 Å². The Labute approximate surface area is 259 Å². The summed E-state index contributed by atoms with van der Waals surface area (Å²) in [6.07, 6.45) is 1.08. The lowest BCUT2D eigenvalue weighted by atomic mass is 10.0. The summed E-state index contributed by atoms with van der Waals surface area (Å²) in [7, 11) is -0.658. The minimum Gasteiger partial charge on any atom is -0.497 e. The molecule has 0 heterocycles. The topological polar surface area (TPSA) is 105 Å². The molecule has 230 valence electrons. The second-order valence-electron chi connectivity index (χ2n) is 10.2. The fraction of sp³-hybridized carbons (Fsp3) is 0.235. The number of methoxy groups -OCH3 is 2. The molecule has 0 bridgehead atoms. The van der Waals surface area contributed by atoms with Crippen molar-refractivity contribution in [3.8, 4) is 11.5 Å². The predicted octanol–water partition coefficient (Wildman–Crippen LogP) is 4.55. The Morgan fingerprint density at radius 2 is 1.34 bits per heavy atom. The molecule has 9 nitrogen and oxygen atoms in total. The van der Waals surface area contributed by atoms with Crippen LogP contribution >= 0.6 is 0 Å². The van der Waals surface area contributed by atoms with Gasteiger partial charge in [-0.25, -0.2) is 8.42 Å². The second-order valence-corrected chi connectivity index (χ2v) is 12.2. The third kappa shape index (κ3) is 8.68. The van der Waals surface area contributed by atoms with E-state index in [1.165, 1.54) is 4.90 Å². The van der Waals surface area contributed by atoms with Crippen molar-refractivity contribution in [2.75, 3.05) is 27.0 Å². The highest BCUT2D eigenvalue weighted by Crippen LogP contribution is 2.26. The molecule has 44 heavy (non-hydrogen) atoms. The van der Waals surface area contributed by atoms with E-state index < -0.39 is 34.4 Å². The number of benzene rings is 4. The number of carbonyl (C=O) groups excluding carboxylic acids is 2. The first-order valence-corrected chi connectivity index (χ1v) is 15.9. The number of nitrogens with zero attached hydrogens (tertiary/aromatic N) is 2. The number of sulfonamides is 1. The van der Waals surface area contributed by atoms with Crippen LogP contribution in [0.5, 0.6) is 11.5 Å². The molecule has 0 saturated carbocycles. The molecular formula is C34H37N3O6S. The molecule has 0 aliphatic heterocycles. The van der Waals surface area contributed by atoms with Gasteiger partial charge in [-0.15, -0.1) is 0 Å². The minimum absolute atomic E-state index is 0.0117. The van der Waals surface area contributed by atoms with Crippen LogP contribution in [0.15, 0.2) is 109 Å². The average Bonchev–Trinajstić information content (AvgIpc) is 3.04. The van der Waals surface area contributed by atoms with Crippen LogP contribution in [0.2, 0.25) is 0 Å². The number of nitrogens with one attached hydrogen (secondary N) is 1. The largest absolute Gasteiger partial charge is 0.497 e. The number of hydrogen-bond acceptors (Lipinski definition) is 6. The first kappa shape index (κ1) is 32.2. The van der Waals surface area contributed by atoms with Gasteiger partial charge in [0.05, 0.1) is 27.0 Å². The fourth-order valence-electron chi connectivity index (χ4n) is 4.81. The highest BCUT2D eigenvalue weighted by molar-refractivity contribution is 7.88. The summed E-state index contributed by atoms with van der Waals surface area (Å²) in [5.74, 6) is 0.327. The lowest BCUT2D eigenvalue weighted by molar-refractivity contribution is -0.141. The van der Waals surface area contributed by atoms with Gasteiger partial charge in [0.25, 0.3) is 0 Å². The number of hydrogen-bond donors (Lipinski definition) is 1. The summed E-state index contributed by atoms with van der Waals surface area (Å²) < 4.78 is 37.6. The van der Waals surface area contributed by atoms with Crippen molar-refractivity contribution in [1.29, 1.82) is 0 Å². The molecule has 10 heteroatoms. The van der Waals surface area contributed by atoms with E-state index in [9.17, 15) is 18.0 Å². The second kappa shape index (κ2) is 15.2. The Hall–Kier alpha value is -4.67. The Bertz CT molecular complexity index is 1630. The van der Waals surface area contributed by atoms with Crippen LogP contribution in [0.25, 0.3) is 0 Å². The van der Waals surface area contributed by atoms with E-state index >= 15 is 0 Å². The van der Waals surface area contributed by atoms with Crippen molar-refractivity contribution in [2.24, 2.45) is 0 Å². The van der Waals surface area contributed by atoms with Crippen LogP contribution in [0.4, 0.5) is 0 Å². The van der Waals surface area contributed by atoms with Crippen LogP contribution < -0.4 is 14.8 Å². The van der Waals surface area contributed by atoms with Gasteiger partial charge < -0.3 is 19.7 Å². The summed E-state index contributed by atoms with van der Waals surface area (Å²) in [6, 6.07) is 31.5. The Kier molecular flexibility index (Phi) is 11.1. The fourth-order valence-corrected chi connectivity index (χ4v) is 5.53. The van der Waals surface area contributed by atoms with Gasteiger partial charge in [-0.2, -0.15) is 4.31 Å². The van der Waals surface area contributed by atoms with Gasteiger partial charge in [-0.1, -0.05) is 91.0 Å². The Morgan fingerprint density at radius 3 is 1.95 bits per heavy atom. The molecule has 0 radical (unpaired) electrons. The van der Waals surface area contributed by atoms with Crippen LogP contribution in [0.1, 0.15) is 28.3 Å². The summed E-state index contributed by atoms with van der Waals surface area (Å²) >= 11 is 0. The normalized spacial score (nSPS) is 11.9. The monoisotopic (exact) mass is 615 g/mol. The molecule has 4 aromatic rings. The molecule has 0 saturated heterocycles. The van der Waals surface area contributed by atoms with Crippen LogP contribution in [0, 0.1) is 0 Å². The molecule has 4 rings (SSSR count). The van der Waals surface area contributed by atoms with E-state index in [1.54, 1.807) is 62.8 Å². The summed E-state index contributed by atoms with van der Waals surface area (Å²) in [5.41, 5.74) is 2.84. The van der Waals surface area contributed by atoms with E-state index in [1.807, 2.05) is 60.7 Å². The first-order valence-electron chi connectivity index (χ1n) is 14.1. The number of ether oxygens (including phenoxy) is 2. The van der Waals surface area contributed by atoms with Gasteiger partial charge in [0.1, 0.15) is 17.5 Å². The molecule has 1 unspecified atom stereocenters. The minimum atomic E-state index is -3.78. The van der Waals surface area contributed by atoms with Crippen LogP contribution in [-0.2, 0) is 39.2 Å². The van der Waals surface area contributed by atoms with E-state index in [-0.39, 0.29) is 19.6 Å². The average molecular weight is 616 g/mol. The Morgan fingerprint density at radius 1 is 0.750 bits per heavy atom. The molecule has 1 N–H and O–H groups in total.